The number of halogens is 3. The lowest BCUT2D eigenvalue weighted by Crippen LogP contribution is -2.28. The highest BCUT2D eigenvalue weighted by Gasteiger charge is 2.33. The molecule has 3 rings (SSSR count). The number of benzene rings is 2. The zero-order valence-corrected chi connectivity index (χ0v) is 18.0. The molecule has 0 aliphatic carbocycles. The maximum atomic E-state index is 13.5. The van der Waals surface area contributed by atoms with E-state index in [0.29, 0.717) is 19.0 Å². The predicted octanol–water partition coefficient (Wildman–Crippen LogP) is 5.28. The van der Waals surface area contributed by atoms with Gasteiger partial charge in [0.05, 0.1) is 12.1 Å². The van der Waals surface area contributed by atoms with Gasteiger partial charge in [-0.05, 0) is 23.1 Å². The number of carbonyl (C=O) groups is 1. The lowest BCUT2D eigenvalue weighted by atomic mass is 10.1. The minimum absolute atomic E-state index is 0.0435. The molecule has 0 atom stereocenters. The molecule has 0 radical (unpaired) electrons. The lowest BCUT2D eigenvalue weighted by molar-refractivity contribution is -0.138. The number of hydrogen-bond acceptors (Lipinski definition) is 4. The molecule has 1 heterocycles. The number of carbonyl (C=O) groups excluding carboxylic acids is 1. The number of oxazole rings is 1. The van der Waals surface area contributed by atoms with E-state index < -0.39 is 11.7 Å². The molecule has 32 heavy (non-hydrogen) atoms. The van der Waals surface area contributed by atoms with E-state index in [9.17, 15) is 18.0 Å². The van der Waals surface area contributed by atoms with Gasteiger partial charge in [-0.1, -0.05) is 62.4 Å². The summed E-state index contributed by atoms with van der Waals surface area (Å²) in [5.74, 6) is 0.214. The van der Waals surface area contributed by atoms with Crippen LogP contribution in [0.2, 0.25) is 0 Å². The van der Waals surface area contributed by atoms with Gasteiger partial charge in [-0.15, -0.1) is 0 Å². The average molecular weight is 445 g/mol. The first kappa shape index (κ1) is 23.5. The van der Waals surface area contributed by atoms with Crippen LogP contribution in [0.15, 0.2) is 65.3 Å². The van der Waals surface area contributed by atoms with E-state index in [1.165, 1.54) is 18.4 Å². The van der Waals surface area contributed by atoms with Gasteiger partial charge in [-0.25, -0.2) is 4.98 Å². The summed E-state index contributed by atoms with van der Waals surface area (Å²) in [6.45, 7) is 5.06. The Kier molecular flexibility index (Phi) is 7.69. The lowest BCUT2D eigenvalue weighted by Gasteiger charge is -2.23. The molecule has 1 aromatic heterocycles. The van der Waals surface area contributed by atoms with E-state index in [4.69, 9.17) is 4.42 Å². The molecule has 3 aromatic rings. The van der Waals surface area contributed by atoms with Crippen molar-refractivity contribution in [3.05, 3.63) is 89.1 Å². The fourth-order valence-corrected chi connectivity index (χ4v) is 3.25. The molecule has 0 saturated carbocycles. The molecule has 1 amide bonds. The van der Waals surface area contributed by atoms with Gasteiger partial charge >= 0.3 is 6.18 Å². The van der Waals surface area contributed by atoms with Crippen molar-refractivity contribution in [1.29, 1.82) is 0 Å². The van der Waals surface area contributed by atoms with Crippen molar-refractivity contribution in [2.24, 2.45) is 5.92 Å². The summed E-state index contributed by atoms with van der Waals surface area (Å²) >= 11 is 0. The fourth-order valence-electron chi connectivity index (χ4n) is 3.25. The number of hydrogen-bond donors (Lipinski definition) is 1. The summed E-state index contributed by atoms with van der Waals surface area (Å²) < 4.78 is 45.9. The number of rotatable bonds is 9. The van der Waals surface area contributed by atoms with Gasteiger partial charge in [0.15, 0.2) is 5.69 Å². The second kappa shape index (κ2) is 10.5. The Balaban J connectivity index is 1.80. The maximum Gasteiger partial charge on any atom is 0.416 e. The van der Waals surface area contributed by atoms with Gasteiger partial charge < -0.3 is 9.73 Å². The maximum absolute atomic E-state index is 13.5. The summed E-state index contributed by atoms with van der Waals surface area (Å²) in [5, 5.41) is 2.77. The van der Waals surface area contributed by atoms with Crippen molar-refractivity contribution in [3.8, 4) is 0 Å². The Bertz CT molecular complexity index is 1020. The Morgan fingerprint density at radius 3 is 2.41 bits per heavy atom. The van der Waals surface area contributed by atoms with Crippen LogP contribution in [0, 0.1) is 5.92 Å². The molecule has 1 N–H and O–H groups in total. The molecule has 0 unspecified atom stereocenters. The molecule has 0 saturated heterocycles. The second-order valence-corrected chi connectivity index (χ2v) is 8.02. The number of nitrogens with one attached hydrogen (secondary N) is 1. The molecule has 170 valence electrons. The molecule has 5 nitrogen and oxygen atoms in total. The molecule has 0 bridgehead atoms. The van der Waals surface area contributed by atoms with E-state index in [-0.39, 0.29) is 36.1 Å². The van der Waals surface area contributed by atoms with Crippen molar-refractivity contribution in [3.63, 3.8) is 0 Å². The number of aromatic nitrogens is 1. The van der Waals surface area contributed by atoms with Crippen molar-refractivity contribution in [2.45, 2.75) is 39.7 Å². The highest BCUT2D eigenvalue weighted by molar-refractivity contribution is 5.91. The van der Waals surface area contributed by atoms with Crippen LogP contribution < -0.4 is 5.32 Å². The van der Waals surface area contributed by atoms with Gasteiger partial charge in [-0.2, -0.15) is 13.2 Å². The van der Waals surface area contributed by atoms with E-state index in [1.807, 2.05) is 49.1 Å². The van der Waals surface area contributed by atoms with Crippen molar-refractivity contribution >= 4 is 5.91 Å². The average Bonchev–Trinajstić information content (AvgIpc) is 3.21. The quantitative estimate of drug-likeness (QED) is 0.487. The van der Waals surface area contributed by atoms with Crippen LogP contribution in [0.25, 0.3) is 0 Å². The Hall–Kier alpha value is -3.13. The summed E-state index contributed by atoms with van der Waals surface area (Å²) in [5.41, 5.74) is 0.589. The van der Waals surface area contributed by atoms with Crippen molar-refractivity contribution < 1.29 is 22.4 Å². The Morgan fingerprint density at radius 2 is 1.72 bits per heavy atom. The van der Waals surface area contributed by atoms with Crippen LogP contribution in [0.1, 0.15) is 46.9 Å². The summed E-state index contributed by atoms with van der Waals surface area (Å²) in [6, 6.07) is 15.0. The van der Waals surface area contributed by atoms with Crippen molar-refractivity contribution in [2.75, 3.05) is 6.54 Å². The van der Waals surface area contributed by atoms with Crippen LogP contribution in [-0.2, 0) is 25.8 Å². The predicted molar refractivity (Wildman–Crippen MR) is 115 cm³/mol. The standard InChI is InChI=1S/C24H26F3N3O2/c1-17(2)12-28-23(31)21-16-32-22(29-21)15-30(13-18-8-4-3-5-9-18)14-19-10-6-7-11-20(19)24(25,26)27/h3-11,16-17H,12-15H2,1-2H3,(H,28,31). The summed E-state index contributed by atoms with van der Waals surface area (Å²) in [7, 11) is 0. The van der Waals surface area contributed by atoms with Crippen LogP contribution in [0.3, 0.4) is 0 Å². The zero-order valence-electron chi connectivity index (χ0n) is 18.0. The highest BCUT2D eigenvalue weighted by Crippen LogP contribution is 2.32. The molecule has 0 fully saturated rings. The van der Waals surface area contributed by atoms with Crippen LogP contribution in [0.5, 0.6) is 0 Å². The first-order valence-corrected chi connectivity index (χ1v) is 10.4. The zero-order chi connectivity index (χ0) is 23.1. The Labute approximate surface area is 185 Å². The first-order chi connectivity index (χ1) is 15.2. The number of alkyl halides is 3. The molecule has 0 aliphatic rings. The van der Waals surface area contributed by atoms with E-state index in [1.54, 1.807) is 6.07 Å². The largest absolute Gasteiger partial charge is 0.447 e. The van der Waals surface area contributed by atoms with E-state index in [2.05, 4.69) is 10.3 Å². The number of amides is 1. The molecule has 0 aliphatic heterocycles. The normalized spacial score (nSPS) is 11.8. The first-order valence-electron chi connectivity index (χ1n) is 10.4. The third-order valence-corrected chi connectivity index (χ3v) is 4.78. The van der Waals surface area contributed by atoms with Crippen LogP contribution >= 0.6 is 0 Å². The fraction of sp³-hybridized carbons (Fsp3) is 0.333. The van der Waals surface area contributed by atoms with Crippen LogP contribution in [-0.4, -0.2) is 22.3 Å². The van der Waals surface area contributed by atoms with Gasteiger partial charge in [0, 0.05) is 19.6 Å². The minimum Gasteiger partial charge on any atom is -0.447 e. The third kappa shape index (κ3) is 6.68. The smallest absolute Gasteiger partial charge is 0.416 e. The van der Waals surface area contributed by atoms with Crippen LogP contribution in [0.4, 0.5) is 13.2 Å². The monoisotopic (exact) mass is 445 g/mol. The van der Waals surface area contributed by atoms with Crippen molar-refractivity contribution in [1.82, 2.24) is 15.2 Å². The van der Waals surface area contributed by atoms with Gasteiger partial charge in [0.1, 0.15) is 6.26 Å². The summed E-state index contributed by atoms with van der Waals surface area (Å²) in [6.07, 6.45) is -3.17. The number of nitrogens with zero attached hydrogens (tertiary/aromatic N) is 2. The molecule has 0 spiro atoms. The molecule has 8 heteroatoms. The molecule has 2 aromatic carbocycles. The van der Waals surface area contributed by atoms with E-state index >= 15 is 0 Å². The topological polar surface area (TPSA) is 58.4 Å². The second-order valence-electron chi connectivity index (χ2n) is 8.02. The van der Waals surface area contributed by atoms with Gasteiger partial charge in [0.25, 0.3) is 5.91 Å². The van der Waals surface area contributed by atoms with Gasteiger partial charge in [0.2, 0.25) is 5.89 Å². The Morgan fingerprint density at radius 1 is 1.03 bits per heavy atom. The molecular formula is C24H26F3N3O2. The minimum atomic E-state index is -4.44. The van der Waals surface area contributed by atoms with E-state index in [0.717, 1.165) is 11.6 Å². The molecular weight excluding hydrogens is 419 g/mol. The highest BCUT2D eigenvalue weighted by atomic mass is 19.4. The summed E-state index contributed by atoms with van der Waals surface area (Å²) in [4.78, 5) is 18.3. The van der Waals surface area contributed by atoms with Gasteiger partial charge in [-0.3, -0.25) is 9.69 Å². The third-order valence-electron chi connectivity index (χ3n) is 4.78. The SMILES string of the molecule is CC(C)CNC(=O)c1coc(CN(Cc2ccccc2)Cc2ccccc2C(F)(F)F)n1.